The zero-order valence-electron chi connectivity index (χ0n) is 19.1. The van der Waals surface area contributed by atoms with Gasteiger partial charge in [0.2, 0.25) is 5.91 Å². The van der Waals surface area contributed by atoms with Crippen molar-refractivity contribution in [2.45, 2.75) is 13.3 Å². The van der Waals surface area contributed by atoms with Crippen LogP contribution in [-0.4, -0.2) is 36.6 Å². The summed E-state index contributed by atoms with van der Waals surface area (Å²) in [6.45, 7) is 2.06. The van der Waals surface area contributed by atoms with Crippen LogP contribution in [0, 0.1) is 6.92 Å². The molecule has 1 aliphatic rings. The number of carbonyl (C=O) groups excluding carboxylic acids is 1. The van der Waals surface area contributed by atoms with Crippen molar-refractivity contribution < 1.29 is 14.3 Å². The summed E-state index contributed by atoms with van der Waals surface area (Å²) in [5.41, 5.74) is 5.23. The van der Waals surface area contributed by atoms with E-state index in [0.717, 1.165) is 27.7 Å². The molecule has 0 saturated heterocycles. The van der Waals surface area contributed by atoms with Gasteiger partial charge >= 0.3 is 0 Å². The molecule has 34 heavy (non-hydrogen) atoms. The van der Waals surface area contributed by atoms with E-state index in [9.17, 15) is 4.79 Å². The Hall–Kier alpha value is -3.29. The van der Waals surface area contributed by atoms with Gasteiger partial charge in [0.25, 0.3) is 0 Å². The fourth-order valence-electron chi connectivity index (χ4n) is 3.44. The second-order valence-electron chi connectivity index (χ2n) is 7.62. The number of thioether (sulfide) groups is 1. The van der Waals surface area contributed by atoms with E-state index in [0.29, 0.717) is 28.6 Å². The number of ether oxygens (including phenoxy) is 2. The van der Waals surface area contributed by atoms with Crippen molar-refractivity contribution in [3.63, 3.8) is 0 Å². The van der Waals surface area contributed by atoms with Crippen molar-refractivity contribution in [3.8, 4) is 11.5 Å². The van der Waals surface area contributed by atoms with Gasteiger partial charge in [0.05, 0.1) is 52.8 Å². The molecule has 174 valence electrons. The lowest BCUT2D eigenvalue weighted by Gasteiger charge is -2.13. The maximum absolute atomic E-state index is 12.8. The third-order valence-corrected chi connectivity index (χ3v) is 6.47. The number of para-hydroxylation sites is 2. The van der Waals surface area contributed by atoms with Crippen molar-refractivity contribution in [2.24, 2.45) is 9.98 Å². The molecule has 1 heterocycles. The van der Waals surface area contributed by atoms with Gasteiger partial charge in [-0.25, -0.2) is 4.99 Å². The molecule has 3 aromatic carbocycles. The number of hydrogen-bond acceptors (Lipinski definition) is 6. The van der Waals surface area contributed by atoms with Gasteiger partial charge in [0, 0.05) is 12.5 Å². The van der Waals surface area contributed by atoms with E-state index < -0.39 is 0 Å². The van der Waals surface area contributed by atoms with E-state index in [2.05, 4.69) is 36.5 Å². The highest BCUT2D eigenvalue weighted by atomic mass is 35.5. The molecule has 1 amide bonds. The molecule has 8 heteroatoms. The van der Waals surface area contributed by atoms with Crippen LogP contribution in [0.3, 0.4) is 0 Å². The van der Waals surface area contributed by atoms with Crippen LogP contribution in [-0.2, 0) is 4.79 Å². The molecule has 0 bridgehead atoms. The summed E-state index contributed by atoms with van der Waals surface area (Å²) in [6.07, 6.45) is 0.535. The van der Waals surface area contributed by atoms with E-state index in [4.69, 9.17) is 31.1 Å². The Balaban J connectivity index is 1.52. The molecule has 0 saturated carbocycles. The summed E-state index contributed by atoms with van der Waals surface area (Å²) in [5.74, 6) is 0.919. The average molecular weight is 494 g/mol. The van der Waals surface area contributed by atoms with Crippen LogP contribution in [0.25, 0.3) is 0 Å². The minimum atomic E-state index is -0.196. The van der Waals surface area contributed by atoms with Gasteiger partial charge in [0.1, 0.15) is 11.5 Å². The maximum Gasteiger partial charge on any atom is 0.234 e. The number of nitrogens with one attached hydrogen (secondary N) is 1. The predicted molar refractivity (Wildman–Crippen MR) is 141 cm³/mol. The van der Waals surface area contributed by atoms with Gasteiger partial charge < -0.3 is 14.8 Å². The normalized spacial score (nSPS) is 12.7. The number of hydrogen-bond donors (Lipinski definition) is 1. The summed E-state index contributed by atoms with van der Waals surface area (Å²) in [4.78, 5) is 22.4. The van der Waals surface area contributed by atoms with Crippen molar-refractivity contribution in [3.05, 3.63) is 76.8 Å². The summed E-state index contributed by atoms with van der Waals surface area (Å²) in [6, 6.07) is 19.3. The molecule has 0 atom stereocenters. The highest BCUT2D eigenvalue weighted by Gasteiger charge is 2.18. The molecule has 0 radical (unpaired) electrons. The van der Waals surface area contributed by atoms with Crippen LogP contribution < -0.4 is 14.8 Å². The number of halogens is 1. The number of nitrogens with zero attached hydrogens (tertiary/aromatic N) is 2. The molecule has 1 aliphatic heterocycles. The summed E-state index contributed by atoms with van der Waals surface area (Å²) in [5, 5.41) is 4.07. The molecule has 4 rings (SSSR count). The third kappa shape index (κ3) is 5.61. The Bertz CT molecular complexity index is 1270. The standard InChI is InChI=1S/C26H24ClN3O3S/c1-16-8-10-17(11-9-16)21-13-26(30-20-7-5-4-6-19(20)28-21)34-15-25(31)29-22-12-18(27)23(32-2)14-24(22)33-3/h4-12,14H,13,15H2,1-3H3,(H,29,31). The van der Waals surface area contributed by atoms with Crippen LogP contribution in [0.1, 0.15) is 17.5 Å². The van der Waals surface area contributed by atoms with Gasteiger partial charge in [-0.15, -0.1) is 11.8 Å². The third-order valence-electron chi connectivity index (χ3n) is 5.20. The quantitative estimate of drug-likeness (QED) is 0.420. The van der Waals surface area contributed by atoms with Gasteiger partial charge in [-0.3, -0.25) is 9.79 Å². The number of carbonyl (C=O) groups is 1. The summed E-state index contributed by atoms with van der Waals surface area (Å²) in [7, 11) is 3.05. The molecular formula is C26H24ClN3O3S. The molecular weight excluding hydrogens is 470 g/mol. The molecule has 1 N–H and O–H groups in total. The number of fused-ring (bicyclic) bond motifs is 1. The van der Waals surface area contributed by atoms with E-state index in [1.54, 1.807) is 12.1 Å². The number of amides is 1. The largest absolute Gasteiger partial charge is 0.495 e. The maximum atomic E-state index is 12.8. The highest BCUT2D eigenvalue weighted by Crippen LogP contribution is 2.36. The number of methoxy groups -OCH3 is 2. The van der Waals surface area contributed by atoms with Crippen molar-refractivity contribution in [2.75, 3.05) is 25.3 Å². The fraction of sp³-hybridized carbons (Fsp3) is 0.192. The van der Waals surface area contributed by atoms with Crippen LogP contribution in [0.2, 0.25) is 5.02 Å². The SMILES string of the molecule is COc1cc(OC)c(NC(=O)CSC2=Nc3ccccc3N=C(c3ccc(C)cc3)C2)cc1Cl. The zero-order valence-corrected chi connectivity index (χ0v) is 20.7. The number of anilines is 1. The van der Waals surface area contributed by atoms with Gasteiger partial charge in [-0.05, 0) is 30.7 Å². The van der Waals surface area contributed by atoms with Crippen LogP contribution in [0.15, 0.2) is 70.6 Å². The second-order valence-corrected chi connectivity index (χ2v) is 9.08. The van der Waals surface area contributed by atoms with Gasteiger partial charge in [0.15, 0.2) is 0 Å². The lowest BCUT2D eigenvalue weighted by atomic mass is 10.1. The Morgan fingerprint density at radius 2 is 1.68 bits per heavy atom. The topological polar surface area (TPSA) is 72.3 Å². The monoisotopic (exact) mass is 493 g/mol. The summed E-state index contributed by atoms with van der Waals surface area (Å²) < 4.78 is 10.6. The first kappa shape index (κ1) is 23.9. The molecule has 0 spiro atoms. The number of rotatable bonds is 6. The Morgan fingerprint density at radius 1 is 1.00 bits per heavy atom. The van der Waals surface area contributed by atoms with E-state index in [1.165, 1.54) is 31.5 Å². The molecule has 0 unspecified atom stereocenters. The van der Waals surface area contributed by atoms with Crippen LogP contribution >= 0.6 is 23.4 Å². The Labute approximate surface area is 208 Å². The minimum absolute atomic E-state index is 0.176. The predicted octanol–water partition coefficient (Wildman–Crippen LogP) is 6.59. The lowest BCUT2D eigenvalue weighted by molar-refractivity contribution is -0.113. The van der Waals surface area contributed by atoms with E-state index in [-0.39, 0.29) is 11.7 Å². The first-order valence-electron chi connectivity index (χ1n) is 10.6. The summed E-state index contributed by atoms with van der Waals surface area (Å²) >= 11 is 7.61. The smallest absolute Gasteiger partial charge is 0.234 e. The first-order valence-corrected chi connectivity index (χ1v) is 12.0. The number of aryl methyl sites for hydroxylation is 1. The number of benzene rings is 3. The van der Waals surface area contributed by atoms with Crippen molar-refractivity contribution in [1.82, 2.24) is 0 Å². The van der Waals surface area contributed by atoms with Crippen LogP contribution in [0.4, 0.5) is 17.1 Å². The van der Waals surface area contributed by atoms with E-state index in [1.807, 2.05) is 24.3 Å². The Kier molecular flexibility index (Phi) is 7.55. The molecule has 6 nitrogen and oxygen atoms in total. The fourth-order valence-corrected chi connectivity index (χ4v) is 4.46. The lowest BCUT2D eigenvalue weighted by Crippen LogP contribution is -2.17. The van der Waals surface area contributed by atoms with Crippen molar-refractivity contribution >= 4 is 57.1 Å². The molecule has 0 aromatic heterocycles. The zero-order chi connectivity index (χ0) is 24.1. The molecule has 0 aliphatic carbocycles. The Morgan fingerprint density at radius 3 is 2.35 bits per heavy atom. The second kappa shape index (κ2) is 10.8. The minimum Gasteiger partial charge on any atom is -0.495 e. The molecule has 0 fully saturated rings. The van der Waals surface area contributed by atoms with Gasteiger partial charge in [-0.1, -0.05) is 53.6 Å². The average Bonchev–Trinajstić information content (AvgIpc) is 3.03. The molecule has 3 aromatic rings. The van der Waals surface area contributed by atoms with Crippen molar-refractivity contribution in [1.29, 1.82) is 0 Å². The first-order chi connectivity index (χ1) is 16.5. The van der Waals surface area contributed by atoms with Crippen LogP contribution in [0.5, 0.6) is 11.5 Å². The van der Waals surface area contributed by atoms with E-state index >= 15 is 0 Å². The number of aliphatic imine (C=N–C) groups is 2. The highest BCUT2D eigenvalue weighted by molar-refractivity contribution is 8.14. The van der Waals surface area contributed by atoms with Gasteiger partial charge in [-0.2, -0.15) is 0 Å².